The molecule has 0 saturated carbocycles. The lowest BCUT2D eigenvalue weighted by atomic mass is 10.2. The van der Waals surface area contributed by atoms with Gasteiger partial charge in [0.25, 0.3) is 0 Å². The number of hydrogen-bond donors (Lipinski definition) is 0. The molecular weight excluding hydrogens is 284 g/mol. The van der Waals surface area contributed by atoms with E-state index in [2.05, 4.69) is 6.92 Å². The zero-order valence-electron chi connectivity index (χ0n) is 14.8. The van der Waals surface area contributed by atoms with Gasteiger partial charge in [-0.05, 0) is 20.3 Å². The number of unbranched alkanes of at least 4 members (excludes halogenated alkanes) is 3. The summed E-state index contributed by atoms with van der Waals surface area (Å²) >= 11 is 0. The molecule has 0 heterocycles. The molecule has 134 valence electrons. The monoisotopic (exact) mass is 320 g/mol. The van der Waals surface area contributed by atoms with Crippen LogP contribution in [-0.4, -0.2) is 65.6 Å². The van der Waals surface area contributed by atoms with Crippen LogP contribution < -0.4 is 0 Å². The molecule has 0 unspecified atom stereocenters. The zero-order chi connectivity index (χ0) is 16.3. The summed E-state index contributed by atoms with van der Waals surface area (Å²) in [7, 11) is 0. The Labute approximate surface area is 136 Å². The quantitative estimate of drug-likeness (QED) is 0.363. The molecular formula is C17H36O5. The average Bonchev–Trinajstić information content (AvgIpc) is 2.50. The first kappa shape index (κ1) is 21.8. The van der Waals surface area contributed by atoms with Gasteiger partial charge in [0.2, 0.25) is 0 Å². The smallest absolute Gasteiger partial charge is 0.0703 e. The van der Waals surface area contributed by atoms with Crippen LogP contribution in [0, 0.1) is 0 Å². The number of rotatable bonds is 18. The van der Waals surface area contributed by atoms with E-state index in [0.29, 0.717) is 52.9 Å². The summed E-state index contributed by atoms with van der Waals surface area (Å²) in [5.41, 5.74) is 0. The molecule has 0 aromatic rings. The Balaban J connectivity index is 2.94. The van der Waals surface area contributed by atoms with Crippen LogP contribution in [0.5, 0.6) is 0 Å². The molecule has 5 heteroatoms. The molecule has 0 amide bonds. The van der Waals surface area contributed by atoms with E-state index in [9.17, 15) is 0 Å². The highest BCUT2D eigenvalue weighted by atomic mass is 16.6. The van der Waals surface area contributed by atoms with E-state index in [1.54, 1.807) is 0 Å². The van der Waals surface area contributed by atoms with Gasteiger partial charge in [0.15, 0.2) is 0 Å². The maximum absolute atomic E-state index is 5.48. The largest absolute Gasteiger partial charge is 0.379 e. The highest BCUT2D eigenvalue weighted by Crippen LogP contribution is 1.98. The first-order valence-electron chi connectivity index (χ1n) is 8.70. The predicted molar refractivity (Wildman–Crippen MR) is 88.5 cm³/mol. The fourth-order valence-corrected chi connectivity index (χ4v) is 1.74. The summed E-state index contributed by atoms with van der Waals surface area (Å²) in [6.07, 6.45) is 5.24. The summed E-state index contributed by atoms with van der Waals surface area (Å²) < 4.78 is 27.0. The third-order valence-electron chi connectivity index (χ3n) is 2.94. The normalized spacial score (nSPS) is 11.5. The van der Waals surface area contributed by atoms with Crippen LogP contribution in [0.3, 0.4) is 0 Å². The number of ether oxygens (including phenoxy) is 5. The second kappa shape index (κ2) is 18.8. The summed E-state index contributed by atoms with van der Waals surface area (Å²) in [6, 6.07) is 0. The fraction of sp³-hybridized carbons (Fsp3) is 1.00. The van der Waals surface area contributed by atoms with Crippen LogP contribution >= 0.6 is 0 Å². The first-order valence-corrected chi connectivity index (χ1v) is 8.70. The van der Waals surface area contributed by atoms with Crippen molar-refractivity contribution in [3.05, 3.63) is 0 Å². The van der Waals surface area contributed by atoms with Gasteiger partial charge in [-0.2, -0.15) is 0 Å². The van der Waals surface area contributed by atoms with Gasteiger partial charge in [-0.25, -0.2) is 0 Å². The van der Waals surface area contributed by atoms with Crippen molar-refractivity contribution in [3.8, 4) is 0 Å². The van der Waals surface area contributed by atoms with Crippen molar-refractivity contribution < 1.29 is 23.7 Å². The Morgan fingerprint density at radius 1 is 0.545 bits per heavy atom. The SMILES string of the molecule is CCCCCCOCCOCCOCCOCCOC(C)C. The van der Waals surface area contributed by atoms with Crippen LogP contribution in [0.1, 0.15) is 46.5 Å². The van der Waals surface area contributed by atoms with Crippen molar-refractivity contribution in [2.75, 3.05) is 59.5 Å². The Kier molecular flexibility index (Phi) is 18.7. The van der Waals surface area contributed by atoms with Crippen molar-refractivity contribution in [2.45, 2.75) is 52.6 Å². The van der Waals surface area contributed by atoms with E-state index >= 15 is 0 Å². The molecule has 0 aliphatic rings. The van der Waals surface area contributed by atoms with Crippen LogP contribution in [0.2, 0.25) is 0 Å². The van der Waals surface area contributed by atoms with Gasteiger partial charge >= 0.3 is 0 Å². The predicted octanol–water partition coefficient (Wildman–Crippen LogP) is 3.06. The molecule has 0 saturated heterocycles. The molecule has 0 aromatic carbocycles. The van der Waals surface area contributed by atoms with Crippen molar-refractivity contribution in [1.82, 2.24) is 0 Å². The minimum absolute atomic E-state index is 0.261. The van der Waals surface area contributed by atoms with E-state index in [4.69, 9.17) is 23.7 Å². The molecule has 0 bridgehead atoms. The third kappa shape index (κ3) is 19.8. The summed E-state index contributed by atoms with van der Waals surface area (Å²) in [5.74, 6) is 0. The number of hydrogen-bond acceptors (Lipinski definition) is 5. The van der Waals surface area contributed by atoms with Gasteiger partial charge in [0.1, 0.15) is 0 Å². The highest BCUT2D eigenvalue weighted by molar-refractivity contribution is 4.40. The van der Waals surface area contributed by atoms with Gasteiger partial charge in [-0.1, -0.05) is 26.2 Å². The summed E-state index contributed by atoms with van der Waals surface area (Å²) in [4.78, 5) is 0. The van der Waals surface area contributed by atoms with Crippen molar-refractivity contribution in [3.63, 3.8) is 0 Å². The summed E-state index contributed by atoms with van der Waals surface area (Å²) in [6.45, 7) is 12.1. The maximum atomic E-state index is 5.48. The van der Waals surface area contributed by atoms with Crippen LogP contribution in [0.4, 0.5) is 0 Å². The Bertz CT molecular complexity index is 199. The Morgan fingerprint density at radius 3 is 1.45 bits per heavy atom. The average molecular weight is 320 g/mol. The molecule has 0 atom stereocenters. The lowest BCUT2D eigenvalue weighted by Crippen LogP contribution is -2.14. The highest BCUT2D eigenvalue weighted by Gasteiger charge is 1.95. The molecule has 0 spiro atoms. The van der Waals surface area contributed by atoms with Crippen molar-refractivity contribution in [2.24, 2.45) is 0 Å². The first-order chi connectivity index (χ1) is 10.8. The minimum Gasteiger partial charge on any atom is -0.379 e. The second-order valence-corrected chi connectivity index (χ2v) is 5.43. The zero-order valence-corrected chi connectivity index (χ0v) is 14.8. The fourth-order valence-electron chi connectivity index (χ4n) is 1.74. The van der Waals surface area contributed by atoms with E-state index in [1.165, 1.54) is 19.3 Å². The molecule has 0 N–H and O–H groups in total. The topological polar surface area (TPSA) is 46.2 Å². The van der Waals surface area contributed by atoms with Crippen molar-refractivity contribution >= 4 is 0 Å². The molecule has 0 fully saturated rings. The molecule has 0 aliphatic carbocycles. The molecule has 22 heavy (non-hydrogen) atoms. The molecule has 0 aliphatic heterocycles. The lowest BCUT2D eigenvalue weighted by Gasteiger charge is -2.09. The second-order valence-electron chi connectivity index (χ2n) is 5.43. The van der Waals surface area contributed by atoms with E-state index in [1.807, 2.05) is 13.8 Å². The molecule has 5 nitrogen and oxygen atoms in total. The molecule has 0 aromatic heterocycles. The standard InChI is InChI=1S/C17H36O5/c1-4-5-6-7-8-18-9-10-19-11-12-20-13-14-21-15-16-22-17(2)3/h17H,4-16H2,1-3H3. The third-order valence-corrected chi connectivity index (χ3v) is 2.94. The van der Waals surface area contributed by atoms with Gasteiger partial charge in [0, 0.05) is 6.61 Å². The van der Waals surface area contributed by atoms with Crippen LogP contribution in [0.15, 0.2) is 0 Å². The van der Waals surface area contributed by atoms with E-state index in [0.717, 1.165) is 13.0 Å². The van der Waals surface area contributed by atoms with Crippen LogP contribution in [-0.2, 0) is 23.7 Å². The van der Waals surface area contributed by atoms with Crippen molar-refractivity contribution in [1.29, 1.82) is 0 Å². The Hall–Kier alpha value is -0.200. The van der Waals surface area contributed by atoms with Gasteiger partial charge < -0.3 is 23.7 Å². The van der Waals surface area contributed by atoms with Crippen LogP contribution in [0.25, 0.3) is 0 Å². The maximum Gasteiger partial charge on any atom is 0.0703 e. The van der Waals surface area contributed by atoms with Gasteiger partial charge in [0.05, 0.1) is 59.0 Å². The molecule has 0 radical (unpaired) electrons. The summed E-state index contributed by atoms with van der Waals surface area (Å²) in [5, 5.41) is 0. The minimum atomic E-state index is 0.261. The molecule has 0 rings (SSSR count). The van der Waals surface area contributed by atoms with Gasteiger partial charge in [-0.3, -0.25) is 0 Å². The lowest BCUT2D eigenvalue weighted by molar-refractivity contribution is -0.0176. The van der Waals surface area contributed by atoms with E-state index in [-0.39, 0.29) is 6.10 Å². The van der Waals surface area contributed by atoms with Gasteiger partial charge in [-0.15, -0.1) is 0 Å². The van der Waals surface area contributed by atoms with E-state index < -0.39 is 0 Å². The Morgan fingerprint density at radius 2 is 1.00 bits per heavy atom.